The highest BCUT2D eigenvalue weighted by molar-refractivity contribution is 5.71. The normalized spacial score (nSPS) is 9.12. The first-order chi connectivity index (χ1) is 8.15. The van der Waals surface area contributed by atoms with Crippen LogP contribution < -0.4 is 4.74 Å². The second kappa shape index (κ2) is 6.07. The van der Waals surface area contributed by atoms with Gasteiger partial charge in [-0.05, 0) is 6.07 Å². The Morgan fingerprint density at radius 3 is 2.82 bits per heavy atom. The molecule has 7 nitrogen and oxygen atoms in total. The first kappa shape index (κ1) is 12.4. The molecule has 0 fully saturated rings. The number of hydrogen-bond acceptors (Lipinski definition) is 6. The molecule has 0 aliphatic carbocycles. The molecule has 0 atom stereocenters. The van der Waals surface area contributed by atoms with Gasteiger partial charge < -0.3 is 9.47 Å². The highest BCUT2D eigenvalue weighted by Crippen LogP contribution is 2.25. The van der Waals surface area contributed by atoms with Crippen molar-refractivity contribution in [2.24, 2.45) is 0 Å². The molecule has 0 aromatic heterocycles. The molecule has 0 spiro atoms. The van der Waals surface area contributed by atoms with Crippen molar-refractivity contribution in [1.82, 2.24) is 0 Å². The maximum Gasteiger partial charge on any atom is 0.345 e. The minimum atomic E-state index is -0.760. The third-order valence-electron chi connectivity index (χ3n) is 1.71. The smallest absolute Gasteiger partial charge is 0.345 e. The lowest BCUT2D eigenvalue weighted by Gasteiger charge is -2.05. The van der Waals surface area contributed by atoms with Crippen LogP contribution in [0, 0.1) is 21.4 Å². The summed E-state index contributed by atoms with van der Waals surface area (Å²) in [5, 5.41) is 18.8. The van der Waals surface area contributed by atoms with Crippen LogP contribution in [0.15, 0.2) is 24.3 Å². The zero-order valence-corrected chi connectivity index (χ0v) is 8.66. The standard InChI is InChI=1S/C10H8N2O5/c11-5-6-16-10(13)7-17-9-4-2-1-3-8(9)12(14)15/h1-4H,6-7H2. The number of nitriles is 1. The molecule has 1 rings (SSSR count). The monoisotopic (exact) mass is 236 g/mol. The fourth-order valence-corrected chi connectivity index (χ4v) is 1.02. The first-order valence-electron chi connectivity index (χ1n) is 4.54. The highest BCUT2D eigenvalue weighted by atomic mass is 16.6. The Bertz CT molecular complexity index is 466. The van der Waals surface area contributed by atoms with Crippen molar-refractivity contribution >= 4 is 11.7 Å². The SMILES string of the molecule is N#CCOC(=O)COc1ccccc1[N+](=O)[O-]. The molecule has 0 heterocycles. The zero-order valence-electron chi connectivity index (χ0n) is 8.66. The van der Waals surface area contributed by atoms with E-state index in [2.05, 4.69) is 4.74 Å². The molecule has 0 bridgehead atoms. The van der Waals surface area contributed by atoms with Crippen LogP contribution in [0.1, 0.15) is 0 Å². The van der Waals surface area contributed by atoms with Crippen LogP contribution in [0.4, 0.5) is 5.69 Å². The molecule has 1 aromatic carbocycles. The largest absolute Gasteiger partial charge is 0.475 e. The Kier molecular flexibility index (Phi) is 4.45. The third kappa shape index (κ3) is 3.79. The fourth-order valence-electron chi connectivity index (χ4n) is 1.02. The van der Waals surface area contributed by atoms with Gasteiger partial charge in [0.05, 0.1) is 4.92 Å². The number of hydrogen-bond donors (Lipinski definition) is 0. The minimum absolute atomic E-state index is 0.0218. The molecular weight excluding hydrogens is 228 g/mol. The second-order valence-corrected chi connectivity index (χ2v) is 2.83. The van der Waals surface area contributed by atoms with Gasteiger partial charge in [0, 0.05) is 6.07 Å². The van der Waals surface area contributed by atoms with Crippen LogP contribution in [-0.2, 0) is 9.53 Å². The topological polar surface area (TPSA) is 102 Å². The maximum absolute atomic E-state index is 11.0. The number of nitrogens with zero attached hydrogens (tertiary/aromatic N) is 2. The summed E-state index contributed by atoms with van der Waals surface area (Å²) in [5.41, 5.74) is -0.236. The van der Waals surface area contributed by atoms with E-state index in [9.17, 15) is 14.9 Å². The molecule has 7 heteroatoms. The number of carbonyl (C=O) groups excluding carboxylic acids is 1. The molecule has 0 N–H and O–H groups in total. The molecule has 0 aliphatic heterocycles. The minimum Gasteiger partial charge on any atom is -0.475 e. The van der Waals surface area contributed by atoms with E-state index in [4.69, 9.17) is 10.00 Å². The van der Waals surface area contributed by atoms with E-state index in [1.54, 1.807) is 12.1 Å². The number of nitro groups is 1. The molecule has 1 aromatic rings. The lowest BCUT2D eigenvalue weighted by molar-refractivity contribution is -0.385. The van der Waals surface area contributed by atoms with E-state index in [0.717, 1.165) is 0 Å². The van der Waals surface area contributed by atoms with Crippen LogP contribution in [0.3, 0.4) is 0 Å². The first-order valence-corrected chi connectivity index (χ1v) is 4.54. The summed E-state index contributed by atoms with van der Waals surface area (Å²) in [6.07, 6.45) is 0. The van der Waals surface area contributed by atoms with Gasteiger partial charge in [0.1, 0.15) is 6.07 Å². The number of benzene rings is 1. The van der Waals surface area contributed by atoms with Gasteiger partial charge in [-0.25, -0.2) is 4.79 Å². The average molecular weight is 236 g/mol. The number of nitro benzene ring substituents is 1. The van der Waals surface area contributed by atoms with Crippen molar-refractivity contribution in [3.05, 3.63) is 34.4 Å². The molecule has 0 saturated heterocycles. The van der Waals surface area contributed by atoms with Gasteiger partial charge in [0.2, 0.25) is 0 Å². The quantitative estimate of drug-likeness (QED) is 0.430. The number of ether oxygens (including phenoxy) is 2. The zero-order chi connectivity index (χ0) is 12.7. The van der Waals surface area contributed by atoms with E-state index >= 15 is 0 Å². The van der Waals surface area contributed by atoms with Gasteiger partial charge in [-0.15, -0.1) is 0 Å². The predicted molar refractivity (Wildman–Crippen MR) is 55.2 cm³/mol. The Balaban J connectivity index is 2.61. The Hall–Kier alpha value is -2.62. The van der Waals surface area contributed by atoms with Crippen LogP contribution in [-0.4, -0.2) is 24.1 Å². The Morgan fingerprint density at radius 2 is 2.18 bits per heavy atom. The highest BCUT2D eigenvalue weighted by Gasteiger charge is 2.15. The summed E-state index contributed by atoms with van der Waals surface area (Å²) in [6.45, 7) is -0.856. The summed E-state index contributed by atoms with van der Waals surface area (Å²) in [7, 11) is 0. The van der Waals surface area contributed by atoms with E-state index in [1.165, 1.54) is 18.2 Å². The van der Waals surface area contributed by atoms with Crippen LogP contribution in [0.25, 0.3) is 0 Å². The van der Waals surface area contributed by atoms with E-state index in [1.807, 2.05) is 0 Å². The van der Waals surface area contributed by atoms with Gasteiger partial charge in [-0.1, -0.05) is 12.1 Å². The van der Waals surface area contributed by atoms with Gasteiger partial charge >= 0.3 is 11.7 Å². The van der Waals surface area contributed by atoms with Crippen LogP contribution in [0.2, 0.25) is 0 Å². The number of esters is 1. The summed E-state index contributed by atoms with van der Waals surface area (Å²) in [5.74, 6) is -0.781. The van der Waals surface area contributed by atoms with E-state index in [-0.39, 0.29) is 18.0 Å². The Labute approximate surface area is 96.3 Å². The van der Waals surface area contributed by atoms with Gasteiger partial charge in [0.25, 0.3) is 0 Å². The molecule has 0 amide bonds. The second-order valence-electron chi connectivity index (χ2n) is 2.83. The molecule has 0 saturated carbocycles. The lowest BCUT2D eigenvalue weighted by Crippen LogP contribution is -2.15. The van der Waals surface area contributed by atoms with Crippen LogP contribution >= 0.6 is 0 Å². The van der Waals surface area contributed by atoms with Gasteiger partial charge in [0.15, 0.2) is 19.0 Å². The van der Waals surface area contributed by atoms with Crippen LogP contribution in [0.5, 0.6) is 5.75 Å². The number of carbonyl (C=O) groups is 1. The van der Waals surface area contributed by atoms with Gasteiger partial charge in [-0.3, -0.25) is 10.1 Å². The summed E-state index contributed by atoms with van der Waals surface area (Å²) in [4.78, 5) is 21.0. The molecule has 17 heavy (non-hydrogen) atoms. The van der Waals surface area contributed by atoms with Crippen molar-refractivity contribution in [3.63, 3.8) is 0 Å². The van der Waals surface area contributed by atoms with E-state index in [0.29, 0.717) is 0 Å². The lowest BCUT2D eigenvalue weighted by atomic mass is 10.3. The summed E-state index contributed by atoms with van der Waals surface area (Å²) >= 11 is 0. The van der Waals surface area contributed by atoms with Gasteiger partial charge in [-0.2, -0.15) is 5.26 Å². The van der Waals surface area contributed by atoms with E-state index < -0.39 is 17.5 Å². The summed E-state index contributed by atoms with van der Waals surface area (Å²) < 4.78 is 9.35. The molecular formula is C10H8N2O5. The van der Waals surface area contributed by atoms with Crippen molar-refractivity contribution < 1.29 is 19.2 Å². The molecule has 0 radical (unpaired) electrons. The molecule has 88 valence electrons. The molecule has 0 aliphatic rings. The van der Waals surface area contributed by atoms with Crippen molar-refractivity contribution in [2.75, 3.05) is 13.2 Å². The number of rotatable bonds is 5. The van der Waals surface area contributed by atoms with Crippen molar-refractivity contribution in [2.45, 2.75) is 0 Å². The van der Waals surface area contributed by atoms with Crippen molar-refractivity contribution in [1.29, 1.82) is 5.26 Å². The molecule has 0 unspecified atom stereocenters. The maximum atomic E-state index is 11.0. The average Bonchev–Trinajstić information content (AvgIpc) is 2.34. The number of para-hydroxylation sites is 2. The van der Waals surface area contributed by atoms with Crippen molar-refractivity contribution in [3.8, 4) is 11.8 Å². The summed E-state index contributed by atoms with van der Waals surface area (Å²) in [6, 6.07) is 7.28. The Morgan fingerprint density at radius 1 is 1.47 bits per heavy atom. The third-order valence-corrected chi connectivity index (χ3v) is 1.71. The fraction of sp³-hybridized carbons (Fsp3) is 0.200. The predicted octanol–water partition coefficient (Wildman–Crippen LogP) is 1.04.